The van der Waals surface area contributed by atoms with Gasteiger partial charge in [-0.25, -0.2) is 4.79 Å². The zero-order chi connectivity index (χ0) is 25.5. The Kier molecular flexibility index (Phi) is 9.58. The second kappa shape index (κ2) is 12.2. The fourth-order valence-corrected chi connectivity index (χ4v) is 7.49. The molecule has 35 heavy (non-hydrogen) atoms. The third-order valence-electron chi connectivity index (χ3n) is 6.48. The molecule has 0 saturated heterocycles. The van der Waals surface area contributed by atoms with Crippen molar-refractivity contribution in [2.75, 3.05) is 23.5 Å². The summed E-state index contributed by atoms with van der Waals surface area (Å²) in [5.41, 5.74) is 1.53. The molecule has 0 radical (unpaired) electrons. The Bertz CT molecular complexity index is 1020. The molecule has 0 unspecified atom stereocenters. The molecule has 0 fully saturated rings. The zero-order valence-corrected chi connectivity index (χ0v) is 22.4. The Hall–Kier alpha value is -2.13. The highest BCUT2D eigenvalue weighted by Crippen LogP contribution is 2.62. The molecule has 1 aliphatic heterocycles. The number of thioether (sulfide) groups is 1. The Labute approximate surface area is 214 Å². The fraction of sp³-hybridized carbons (Fsp3) is 0.444. The van der Waals surface area contributed by atoms with Crippen LogP contribution in [-0.2, 0) is 4.79 Å². The number of aliphatic carboxylic acids is 1. The first-order valence-corrected chi connectivity index (χ1v) is 15.1. The van der Waals surface area contributed by atoms with Crippen LogP contribution in [-0.4, -0.2) is 38.7 Å². The van der Waals surface area contributed by atoms with Crippen molar-refractivity contribution < 1.29 is 23.7 Å². The van der Waals surface area contributed by atoms with E-state index in [4.69, 9.17) is 9.84 Å². The van der Waals surface area contributed by atoms with Crippen molar-refractivity contribution in [3.8, 4) is 5.75 Å². The van der Waals surface area contributed by atoms with Crippen molar-refractivity contribution in [3.63, 3.8) is 0 Å². The van der Waals surface area contributed by atoms with Gasteiger partial charge in [-0.2, -0.15) is 10.6 Å². The second-order valence-corrected chi connectivity index (χ2v) is 12.1. The Morgan fingerprint density at radius 1 is 1.14 bits per heavy atom. The SMILES string of the molecule is CCCCC1(CCCC)CN(c2ccccc2)c2cc(SC)c(O/C=C/C(=O)O)cc2S(O)(O)C1. The lowest BCUT2D eigenvalue weighted by Gasteiger charge is -2.42. The van der Waals surface area contributed by atoms with E-state index in [1.165, 1.54) is 11.8 Å². The summed E-state index contributed by atoms with van der Waals surface area (Å²) in [5.74, 6) is -0.391. The van der Waals surface area contributed by atoms with Crippen LogP contribution in [0.15, 0.2) is 64.6 Å². The number of benzene rings is 2. The van der Waals surface area contributed by atoms with E-state index >= 15 is 0 Å². The smallest absolute Gasteiger partial charge is 0.331 e. The third-order valence-corrected chi connectivity index (χ3v) is 9.29. The summed E-state index contributed by atoms with van der Waals surface area (Å²) in [7, 11) is -3.15. The Balaban J connectivity index is 2.20. The molecule has 3 N–H and O–H groups in total. The monoisotopic (exact) mass is 519 g/mol. The summed E-state index contributed by atoms with van der Waals surface area (Å²) in [6, 6.07) is 13.7. The number of anilines is 2. The normalized spacial score (nSPS) is 17.6. The van der Waals surface area contributed by atoms with E-state index in [2.05, 4.69) is 30.9 Å². The maximum Gasteiger partial charge on any atom is 0.331 e. The van der Waals surface area contributed by atoms with E-state index in [1.54, 1.807) is 6.07 Å². The summed E-state index contributed by atoms with van der Waals surface area (Å²) < 4.78 is 28.9. The van der Waals surface area contributed by atoms with E-state index in [0.717, 1.165) is 67.1 Å². The maximum atomic E-state index is 11.6. The Morgan fingerprint density at radius 2 is 1.80 bits per heavy atom. The van der Waals surface area contributed by atoms with E-state index < -0.39 is 16.6 Å². The zero-order valence-electron chi connectivity index (χ0n) is 20.8. The lowest BCUT2D eigenvalue weighted by atomic mass is 9.79. The number of ether oxygens (including phenoxy) is 1. The number of carboxylic acid groups (broad SMARTS) is 1. The number of hydrogen-bond donors (Lipinski definition) is 3. The minimum Gasteiger partial charge on any atom is -0.478 e. The summed E-state index contributed by atoms with van der Waals surface area (Å²) in [4.78, 5) is 14.4. The number of fused-ring (bicyclic) bond motifs is 1. The number of carboxylic acids is 1. The van der Waals surface area contributed by atoms with Gasteiger partial charge < -0.3 is 14.7 Å². The number of nitrogens with zero attached hydrogens (tertiary/aromatic N) is 1. The number of hydrogen-bond acceptors (Lipinski definition) is 6. The van der Waals surface area contributed by atoms with Gasteiger partial charge in [-0.3, -0.25) is 9.11 Å². The van der Waals surface area contributed by atoms with Crippen LogP contribution in [0.1, 0.15) is 52.4 Å². The molecular weight excluding hydrogens is 482 g/mol. The molecule has 8 heteroatoms. The first-order chi connectivity index (χ1) is 16.7. The van der Waals surface area contributed by atoms with Crippen LogP contribution in [0.4, 0.5) is 11.4 Å². The van der Waals surface area contributed by atoms with Gasteiger partial charge in [0.05, 0.1) is 27.8 Å². The number of para-hydroxylation sites is 1. The van der Waals surface area contributed by atoms with Gasteiger partial charge in [-0.05, 0) is 37.3 Å². The molecule has 0 bridgehead atoms. The molecule has 192 valence electrons. The van der Waals surface area contributed by atoms with E-state index in [0.29, 0.717) is 22.9 Å². The number of rotatable bonds is 11. The van der Waals surface area contributed by atoms with Gasteiger partial charge in [0.2, 0.25) is 0 Å². The van der Waals surface area contributed by atoms with Crippen molar-refractivity contribution in [1.82, 2.24) is 0 Å². The van der Waals surface area contributed by atoms with Gasteiger partial charge in [0.15, 0.2) is 0 Å². The summed E-state index contributed by atoms with van der Waals surface area (Å²) in [6.07, 6.45) is 9.98. The average Bonchev–Trinajstić information content (AvgIpc) is 2.93. The third kappa shape index (κ3) is 6.76. The maximum absolute atomic E-state index is 11.6. The van der Waals surface area contributed by atoms with Gasteiger partial charge >= 0.3 is 5.97 Å². The van der Waals surface area contributed by atoms with Crippen molar-refractivity contribution in [2.24, 2.45) is 5.41 Å². The first-order valence-electron chi connectivity index (χ1n) is 12.1. The van der Waals surface area contributed by atoms with Gasteiger partial charge in [0.25, 0.3) is 0 Å². The van der Waals surface area contributed by atoms with E-state index in [9.17, 15) is 13.9 Å². The lowest BCUT2D eigenvalue weighted by molar-refractivity contribution is -0.131. The highest BCUT2D eigenvalue weighted by molar-refractivity contribution is 8.24. The van der Waals surface area contributed by atoms with Crippen LogP contribution < -0.4 is 9.64 Å². The van der Waals surface area contributed by atoms with Crippen LogP contribution >= 0.6 is 22.4 Å². The molecule has 0 spiro atoms. The van der Waals surface area contributed by atoms with E-state index in [1.807, 2.05) is 30.5 Å². The van der Waals surface area contributed by atoms with Crippen LogP contribution in [0.5, 0.6) is 5.75 Å². The lowest BCUT2D eigenvalue weighted by Crippen LogP contribution is -2.37. The predicted molar refractivity (Wildman–Crippen MR) is 147 cm³/mol. The summed E-state index contributed by atoms with van der Waals surface area (Å²) in [6.45, 7) is 5.04. The van der Waals surface area contributed by atoms with E-state index in [-0.39, 0.29) is 5.41 Å². The van der Waals surface area contributed by atoms with Gasteiger partial charge in [0.1, 0.15) is 5.75 Å². The molecule has 0 aliphatic carbocycles. The van der Waals surface area contributed by atoms with Gasteiger partial charge in [-0.15, -0.1) is 11.8 Å². The van der Waals surface area contributed by atoms with Crippen LogP contribution in [0.2, 0.25) is 0 Å². The molecule has 1 aliphatic rings. The second-order valence-electron chi connectivity index (χ2n) is 9.17. The molecule has 2 aromatic rings. The fourth-order valence-electron chi connectivity index (χ4n) is 4.76. The highest BCUT2D eigenvalue weighted by atomic mass is 32.3. The number of unbranched alkanes of at least 4 members (excludes halogenated alkanes) is 2. The minimum atomic E-state index is -3.15. The predicted octanol–water partition coefficient (Wildman–Crippen LogP) is 8.01. The molecule has 3 rings (SSSR count). The summed E-state index contributed by atoms with van der Waals surface area (Å²) >= 11 is 1.47. The van der Waals surface area contributed by atoms with Crippen molar-refractivity contribution in [1.29, 1.82) is 0 Å². The molecule has 0 aromatic heterocycles. The largest absolute Gasteiger partial charge is 0.478 e. The van der Waals surface area contributed by atoms with Crippen molar-refractivity contribution >= 4 is 39.7 Å². The average molecular weight is 520 g/mol. The molecule has 0 amide bonds. The van der Waals surface area contributed by atoms with Gasteiger partial charge in [-0.1, -0.05) is 57.7 Å². The van der Waals surface area contributed by atoms with Crippen LogP contribution in [0, 0.1) is 5.41 Å². The first kappa shape index (κ1) is 27.5. The molecular formula is C27H37NO5S2. The van der Waals surface area contributed by atoms with Crippen LogP contribution in [0.25, 0.3) is 0 Å². The minimum absolute atomic E-state index is 0.247. The van der Waals surface area contributed by atoms with Gasteiger partial charge in [0, 0.05) is 29.5 Å². The molecule has 0 saturated carbocycles. The topological polar surface area (TPSA) is 90.2 Å². The van der Waals surface area contributed by atoms with Crippen molar-refractivity contribution in [2.45, 2.75) is 62.2 Å². The summed E-state index contributed by atoms with van der Waals surface area (Å²) in [5, 5.41) is 8.94. The van der Waals surface area contributed by atoms with Crippen molar-refractivity contribution in [3.05, 3.63) is 54.8 Å². The Morgan fingerprint density at radius 3 is 2.37 bits per heavy atom. The number of carbonyl (C=O) groups is 1. The quantitative estimate of drug-likeness (QED) is 0.157. The molecule has 0 atom stereocenters. The molecule has 2 aromatic carbocycles. The van der Waals surface area contributed by atoms with Crippen LogP contribution in [0.3, 0.4) is 0 Å². The molecule has 6 nitrogen and oxygen atoms in total. The highest BCUT2D eigenvalue weighted by Gasteiger charge is 2.42. The standard InChI is InChI=1S/C27H37NO5S2/c1-4-6-14-27(15-7-5-2)19-28(21-11-9-8-10-12-21)22-17-24(34-3)23(33-16-13-26(29)30)18-25(22)35(31,32)20-27/h8-13,16-18,31-32H,4-7,14-15,19-20H2,1-3H3,(H,29,30)/b16-13+. The molecule has 1 heterocycles.